The van der Waals surface area contributed by atoms with E-state index in [0.29, 0.717) is 22.3 Å². The molecule has 0 aliphatic heterocycles. The van der Waals surface area contributed by atoms with Gasteiger partial charge >= 0.3 is 6.18 Å². The number of hydrogen-bond acceptors (Lipinski definition) is 4. The van der Waals surface area contributed by atoms with E-state index in [9.17, 15) is 18.0 Å². The highest BCUT2D eigenvalue weighted by Crippen LogP contribution is 2.30. The summed E-state index contributed by atoms with van der Waals surface area (Å²) in [4.78, 5) is 14.3. The maximum Gasteiger partial charge on any atom is 0.416 e. The van der Waals surface area contributed by atoms with Crippen LogP contribution in [0.4, 0.5) is 13.2 Å². The van der Waals surface area contributed by atoms with E-state index in [2.05, 4.69) is 21.2 Å². The number of benzene rings is 2. The van der Waals surface area contributed by atoms with Crippen LogP contribution in [0.2, 0.25) is 0 Å². The van der Waals surface area contributed by atoms with Gasteiger partial charge in [-0.1, -0.05) is 12.1 Å². The summed E-state index contributed by atoms with van der Waals surface area (Å²) < 4.78 is 44.0. The number of rotatable bonds is 8. The van der Waals surface area contributed by atoms with Crippen molar-refractivity contribution < 1.29 is 22.7 Å². The third-order valence-corrected chi connectivity index (χ3v) is 4.96. The van der Waals surface area contributed by atoms with Crippen LogP contribution in [0, 0.1) is 0 Å². The van der Waals surface area contributed by atoms with Crippen LogP contribution in [0.3, 0.4) is 0 Å². The molecule has 2 aromatic rings. The Labute approximate surface area is 170 Å². The molecule has 2 aromatic carbocycles. The highest BCUT2D eigenvalue weighted by atomic mass is 79.9. The van der Waals surface area contributed by atoms with Gasteiger partial charge in [0.05, 0.1) is 23.7 Å². The Morgan fingerprint density at radius 3 is 2.32 bits per heavy atom. The molecule has 0 amide bonds. The van der Waals surface area contributed by atoms with Gasteiger partial charge in [0, 0.05) is 18.2 Å². The molecule has 1 atom stereocenters. The zero-order valence-corrected chi connectivity index (χ0v) is 17.4. The zero-order valence-electron chi connectivity index (χ0n) is 15.8. The van der Waals surface area contributed by atoms with E-state index < -0.39 is 11.7 Å². The molecule has 0 aliphatic rings. The molecule has 8 heteroatoms. The summed E-state index contributed by atoms with van der Waals surface area (Å²) in [5.74, 6) is 0.549. The lowest BCUT2D eigenvalue weighted by Gasteiger charge is -2.25. The molecule has 0 spiro atoms. The predicted molar refractivity (Wildman–Crippen MR) is 106 cm³/mol. The number of Topliss-reactive ketones (excluding diaryl/α,β-unsaturated/α-hetero) is 1. The lowest BCUT2D eigenvalue weighted by Crippen LogP contribution is -2.33. The molecular formula is C20H22BrF3N2O2. The van der Waals surface area contributed by atoms with Crippen molar-refractivity contribution in [2.75, 3.05) is 34.3 Å². The zero-order chi connectivity index (χ0) is 20.9. The fraction of sp³-hybridized carbons (Fsp3) is 0.350. The standard InChI is InChI=1S/C20H22BrF3N2O2/c1-26(2)17(13-4-7-15(8-5-13)20(22,23)24)11-25-12-18(27)14-6-9-19(28-3)16(21)10-14/h4-10,17,25H,11-12H2,1-3H3. The summed E-state index contributed by atoms with van der Waals surface area (Å²) >= 11 is 3.35. The minimum absolute atomic E-state index is 0.0896. The maximum atomic E-state index is 12.7. The van der Waals surface area contributed by atoms with E-state index in [-0.39, 0.29) is 18.4 Å². The SMILES string of the molecule is COc1ccc(C(=O)CNCC(c2ccc(C(F)(F)F)cc2)N(C)C)cc1Br. The van der Waals surface area contributed by atoms with Crippen molar-refractivity contribution in [3.63, 3.8) is 0 Å². The van der Waals surface area contributed by atoms with Gasteiger partial charge in [0.1, 0.15) is 5.75 Å². The molecule has 0 fully saturated rings. The van der Waals surface area contributed by atoms with Gasteiger partial charge in [0.25, 0.3) is 0 Å². The lowest BCUT2D eigenvalue weighted by atomic mass is 10.0. The second-order valence-corrected chi connectivity index (χ2v) is 7.36. The number of likely N-dealkylation sites (N-methyl/N-ethyl adjacent to an activating group) is 1. The predicted octanol–water partition coefficient (Wildman–Crippen LogP) is 4.55. The van der Waals surface area contributed by atoms with E-state index >= 15 is 0 Å². The molecule has 0 aliphatic carbocycles. The first-order chi connectivity index (χ1) is 13.1. The molecule has 2 rings (SSSR count). The minimum atomic E-state index is -4.36. The van der Waals surface area contributed by atoms with Crippen LogP contribution in [0.25, 0.3) is 0 Å². The number of ketones is 1. The molecule has 4 nitrogen and oxygen atoms in total. The normalized spacial score (nSPS) is 12.9. The summed E-state index contributed by atoms with van der Waals surface area (Å²) in [5, 5.41) is 3.10. The Kier molecular flexibility index (Phi) is 7.63. The molecule has 0 bridgehead atoms. The van der Waals surface area contributed by atoms with Crippen LogP contribution in [0.1, 0.15) is 27.5 Å². The number of hydrogen-bond donors (Lipinski definition) is 1. The van der Waals surface area contributed by atoms with Crippen molar-refractivity contribution in [1.29, 1.82) is 0 Å². The molecule has 1 unspecified atom stereocenters. The fourth-order valence-electron chi connectivity index (χ4n) is 2.76. The largest absolute Gasteiger partial charge is 0.496 e. The van der Waals surface area contributed by atoms with Gasteiger partial charge in [-0.25, -0.2) is 0 Å². The van der Waals surface area contributed by atoms with Crippen LogP contribution in [-0.4, -0.2) is 45.0 Å². The summed E-state index contributed by atoms with van der Waals surface area (Å²) in [7, 11) is 5.23. The molecule has 0 heterocycles. The molecule has 0 saturated carbocycles. The molecule has 0 aromatic heterocycles. The van der Waals surface area contributed by atoms with E-state index in [1.54, 1.807) is 25.3 Å². The second-order valence-electron chi connectivity index (χ2n) is 6.50. The van der Waals surface area contributed by atoms with Gasteiger partial charge in [0.2, 0.25) is 0 Å². The van der Waals surface area contributed by atoms with Crippen molar-refractivity contribution in [2.45, 2.75) is 12.2 Å². The van der Waals surface area contributed by atoms with Gasteiger partial charge in [0.15, 0.2) is 5.78 Å². The summed E-state index contributed by atoms with van der Waals surface area (Å²) in [6, 6.07) is 10.0. The monoisotopic (exact) mass is 458 g/mol. The number of alkyl halides is 3. The van der Waals surface area contributed by atoms with Crippen LogP contribution in [0.15, 0.2) is 46.9 Å². The summed E-state index contributed by atoms with van der Waals surface area (Å²) in [5.41, 5.74) is 0.600. The Bertz CT molecular complexity index is 808. The third-order valence-electron chi connectivity index (χ3n) is 4.34. The molecule has 0 saturated heterocycles. The molecule has 152 valence electrons. The Hall–Kier alpha value is -1.90. The van der Waals surface area contributed by atoms with Crippen LogP contribution >= 0.6 is 15.9 Å². The van der Waals surface area contributed by atoms with Gasteiger partial charge in [-0.2, -0.15) is 13.2 Å². The van der Waals surface area contributed by atoms with Crippen molar-refractivity contribution in [3.8, 4) is 5.75 Å². The van der Waals surface area contributed by atoms with E-state index in [0.717, 1.165) is 17.7 Å². The topological polar surface area (TPSA) is 41.6 Å². The molecule has 0 radical (unpaired) electrons. The quantitative estimate of drug-likeness (QED) is 0.589. The highest BCUT2D eigenvalue weighted by molar-refractivity contribution is 9.10. The van der Waals surface area contributed by atoms with E-state index in [1.807, 2.05) is 19.0 Å². The number of methoxy groups -OCH3 is 1. The number of carbonyl (C=O) groups excluding carboxylic acids is 1. The smallest absolute Gasteiger partial charge is 0.416 e. The molecule has 28 heavy (non-hydrogen) atoms. The number of ether oxygens (including phenoxy) is 1. The number of carbonyl (C=O) groups is 1. The van der Waals surface area contributed by atoms with Crippen molar-refractivity contribution >= 4 is 21.7 Å². The van der Waals surface area contributed by atoms with E-state index in [1.165, 1.54) is 12.1 Å². The first kappa shape index (κ1) is 22.4. The number of nitrogens with zero attached hydrogens (tertiary/aromatic N) is 1. The maximum absolute atomic E-state index is 12.7. The van der Waals surface area contributed by atoms with E-state index in [4.69, 9.17) is 4.74 Å². The Morgan fingerprint density at radius 1 is 1.18 bits per heavy atom. The van der Waals surface area contributed by atoms with Crippen LogP contribution < -0.4 is 10.1 Å². The van der Waals surface area contributed by atoms with Gasteiger partial charge < -0.3 is 15.0 Å². The van der Waals surface area contributed by atoms with Gasteiger partial charge in [-0.3, -0.25) is 4.79 Å². The van der Waals surface area contributed by atoms with Crippen molar-refractivity contribution in [2.24, 2.45) is 0 Å². The van der Waals surface area contributed by atoms with Gasteiger partial charge in [-0.15, -0.1) is 0 Å². The highest BCUT2D eigenvalue weighted by Gasteiger charge is 2.30. The Morgan fingerprint density at radius 2 is 1.82 bits per heavy atom. The second kappa shape index (κ2) is 9.54. The van der Waals surface area contributed by atoms with Gasteiger partial charge in [-0.05, 0) is 65.9 Å². The average Bonchev–Trinajstić information content (AvgIpc) is 2.64. The molecule has 1 N–H and O–H groups in total. The first-order valence-electron chi connectivity index (χ1n) is 8.54. The van der Waals surface area contributed by atoms with Crippen LogP contribution in [0.5, 0.6) is 5.75 Å². The summed E-state index contributed by atoms with van der Waals surface area (Å²) in [6.07, 6.45) is -4.36. The average molecular weight is 459 g/mol. The Balaban J connectivity index is 2.00. The summed E-state index contributed by atoms with van der Waals surface area (Å²) in [6.45, 7) is 0.533. The minimum Gasteiger partial charge on any atom is -0.496 e. The van der Waals surface area contributed by atoms with Crippen molar-refractivity contribution in [1.82, 2.24) is 10.2 Å². The van der Waals surface area contributed by atoms with Crippen molar-refractivity contribution in [3.05, 3.63) is 63.6 Å². The first-order valence-corrected chi connectivity index (χ1v) is 9.34. The number of halogens is 4. The van der Waals surface area contributed by atoms with Crippen LogP contribution in [-0.2, 0) is 6.18 Å². The third kappa shape index (κ3) is 5.80. The lowest BCUT2D eigenvalue weighted by molar-refractivity contribution is -0.137. The number of nitrogens with one attached hydrogen (secondary N) is 1. The fourth-order valence-corrected chi connectivity index (χ4v) is 3.30. The molecular weight excluding hydrogens is 437 g/mol.